The van der Waals surface area contributed by atoms with Crippen molar-refractivity contribution in [2.45, 2.75) is 6.18 Å². The third-order valence-electron chi connectivity index (χ3n) is 1.99. The molecule has 0 heterocycles. The Morgan fingerprint density at radius 2 is 2.00 bits per heavy atom. The van der Waals surface area contributed by atoms with Crippen LogP contribution in [0.5, 0.6) is 0 Å². The Bertz CT molecular complexity index is 502. The van der Waals surface area contributed by atoms with E-state index in [2.05, 4.69) is 10.3 Å². The number of primary amides is 1. The first-order valence-corrected chi connectivity index (χ1v) is 4.82. The lowest BCUT2D eigenvalue weighted by molar-refractivity contribution is -0.141. The largest absolute Gasteiger partial charge is 0.479 e. The van der Waals surface area contributed by atoms with E-state index in [4.69, 9.17) is 10.8 Å². The van der Waals surface area contributed by atoms with Gasteiger partial charge in [-0.15, -0.1) is 0 Å². The maximum atomic E-state index is 12.4. The number of amides is 1. The van der Waals surface area contributed by atoms with Crippen molar-refractivity contribution in [2.75, 3.05) is 12.1 Å². The van der Waals surface area contributed by atoms with Gasteiger partial charge in [0.2, 0.25) is 0 Å². The van der Waals surface area contributed by atoms with Gasteiger partial charge in [-0.2, -0.15) is 13.2 Å². The summed E-state index contributed by atoms with van der Waals surface area (Å²) in [5.74, 6) is -2.40. The van der Waals surface area contributed by atoms with E-state index < -0.39 is 35.8 Å². The smallest absolute Gasteiger partial charge is 0.416 e. The summed E-state index contributed by atoms with van der Waals surface area (Å²) >= 11 is 0. The number of anilines is 1. The second-order valence-electron chi connectivity index (χ2n) is 3.41. The first kappa shape index (κ1) is 14.8. The normalized spacial score (nSPS) is 11.1. The molecule has 0 saturated carbocycles. The van der Waals surface area contributed by atoms with Crippen LogP contribution in [-0.2, 0) is 15.8 Å². The molecule has 0 unspecified atom stereocenters. The second kappa shape index (κ2) is 5.57. The van der Waals surface area contributed by atoms with E-state index in [1.807, 2.05) is 0 Å². The van der Waals surface area contributed by atoms with Crippen LogP contribution in [0, 0.1) is 0 Å². The van der Waals surface area contributed by atoms with Gasteiger partial charge in [0.05, 0.1) is 16.8 Å². The molecule has 6 nitrogen and oxygen atoms in total. The number of nitrogens with two attached hydrogens (primary N) is 1. The summed E-state index contributed by atoms with van der Waals surface area (Å²) < 4.78 is 37.3. The highest BCUT2D eigenvalue weighted by molar-refractivity contribution is 5.98. The summed E-state index contributed by atoms with van der Waals surface area (Å²) in [6.07, 6.45) is -4.62. The van der Waals surface area contributed by atoms with Gasteiger partial charge >= 0.3 is 12.1 Å². The summed E-state index contributed by atoms with van der Waals surface area (Å²) in [7, 11) is 0. The number of nitrogens with one attached hydrogen (secondary N) is 1. The van der Waals surface area contributed by atoms with Crippen molar-refractivity contribution in [1.82, 2.24) is 0 Å². The fraction of sp³-hybridized carbons (Fsp3) is 0.200. The van der Waals surface area contributed by atoms with Crippen molar-refractivity contribution in [1.29, 1.82) is 0 Å². The number of carbonyl (C=O) groups excluding carboxylic acids is 1. The molecular formula is C10H9F3N2O4. The van der Waals surface area contributed by atoms with Crippen LogP contribution in [0.15, 0.2) is 18.2 Å². The zero-order chi connectivity index (χ0) is 14.6. The van der Waals surface area contributed by atoms with E-state index in [9.17, 15) is 22.8 Å². The number of hydrogen-bond donors (Lipinski definition) is 3. The molecule has 1 amide bonds. The van der Waals surface area contributed by atoms with Crippen LogP contribution in [0.2, 0.25) is 0 Å². The van der Waals surface area contributed by atoms with Gasteiger partial charge in [-0.3, -0.25) is 15.1 Å². The van der Waals surface area contributed by atoms with Gasteiger partial charge in [0.1, 0.15) is 0 Å². The standard InChI is InChI=1S/C10H9F3N2O4/c11-10(12,13)5-1-2-7(6(3-5)9(14)18)15-19-4-8(16)17/h1-3,15H,4H2,(H2,14,18)(H,16,17). The molecule has 0 saturated heterocycles. The van der Waals surface area contributed by atoms with Crippen molar-refractivity contribution in [2.24, 2.45) is 5.73 Å². The number of carbonyl (C=O) groups is 2. The van der Waals surface area contributed by atoms with E-state index in [1.165, 1.54) is 0 Å². The van der Waals surface area contributed by atoms with Crippen molar-refractivity contribution in [3.8, 4) is 0 Å². The summed E-state index contributed by atoms with van der Waals surface area (Å²) in [5.41, 5.74) is 5.34. The molecule has 1 rings (SSSR count). The third kappa shape index (κ3) is 4.14. The highest BCUT2D eigenvalue weighted by Gasteiger charge is 2.31. The highest BCUT2D eigenvalue weighted by atomic mass is 19.4. The van der Waals surface area contributed by atoms with Crippen LogP contribution in [0.25, 0.3) is 0 Å². The monoisotopic (exact) mass is 278 g/mol. The van der Waals surface area contributed by atoms with Crippen LogP contribution >= 0.6 is 0 Å². The molecule has 0 spiro atoms. The predicted octanol–water partition coefficient (Wildman–Crippen LogP) is 1.23. The molecule has 0 bridgehead atoms. The number of benzene rings is 1. The zero-order valence-corrected chi connectivity index (χ0v) is 9.32. The lowest BCUT2D eigenvalue weighted by Crippen LogP contribution is -2.18. The minimum Gasteiger partial charge on any atom is -0.479 e. The van der Waals surface area contributed by atoms with Gasteiger partial charge in [-0.25, -0.2) is 4.79 Å². The van der Waals surface area contributed by atoms with Gasteiger partial charge < -0.3 is 10.8 Å². The van der Waals surface area contributed by atoms with Gasteiger partial charge in [-0.05, 0) is 18.2 Å². The van der Waals surface area contributed by atoms with Gasteiger partial charge in [0.15, 0.2) is 6.61 Å². The Kier molecular flexibility index (Phi) is 4.33. The molecule has 0 aromatic heterocycles. The highest BCUT2D eigenvalue weighted by Crippen LogP contribution is 2.31. The van der Waals surface area contributed by atoms with Crippen molar-refractivity contribution >= 4 is 17.6 Å². The first-order valence-electron chi connectivity index (χ1n) is 4.82. The number of hydrogen-bond acceptors (Lipinski definition) is 4. The second-order valence-corrected chi connectivity index (χ2v) is 3.41. The molecule has 0 fully saturated rings. The topological polar surface area (TPSA) is 102 Å². The molecule has 0 atom stereocenters. The quantitative estimate of drug-likeness (QED) is 0.703. The molecule has 9 heteroatoms. The van der Waals surface area contributed by atoms with E-state index in [0.29, 0.717) is 12.1 Å². The Labute approximate surface area is 104 Å². The first-order chi connectivity index (χ1) is 8.71. The Balaban J connectivity index is 2.99. The summed E-state index contributed by atoms with van der Waals surface area (Å²) in [4.78, 5) is 25.7. The molecular weight excluding hydrogens is 269 g/mol. The van der Waals surface area contributed by atoms with Crippen LogP contribution in [0.3, 0.4) is 0 Å². The van der Waals surface area contributed by atoms with E-state index in [1.54, 1.807) is 0 Å². The number of aliphatic carboxylic acids is 1. The molecule has 0 aliphatic rings. The molecule has 4 N–H and O–H groups in total. The van der Waals surface area contributed by atoms with Gasteiger partial charge in [0, 0.05) is 0 Å². The van der Waals surface area contributed by atoms with Crippen molar-refractivity contribution in [3.05, 3.63) is 29.3 Å². The Hall–Kier alpha value is -2.29. The van der Waals surface area contributed by atoms with Gasteiger partial charge in [0.25, 0.3) is 5.91 Å². The minimum absolute atomic E-state index is 0.151. The summed E-state index contributed by atoms with van der Waals surface area (Å²) in [5, 5.41) is 8.32. The Morgan fingerprint density at radius 1 is 1.37 bits per heavy atom. The molecule has 0 aliphatic heterocycles. The molecule has 0 aliphatic carbocycles. The molecule has 0 radical (unpaired) electrons. The number of alkyl halides is 3. The SMILES string of the molecule is NC(=O)c1cc(C(F)(F)F)ccc1NOCC(=O)O. The maximum Gasteiger partial charge on any atom is 0.416 e. The molecule has 19 heavy (non-hydrogen) atoms. The molecule has 1 aromatic rings. The third-order valence-corrected chi connectivity index (χ3v) is 1.99. The predicted molar refractivity (Wildman–Crippen MR) is 57.2 cm³/mol. The number of rotatable bonds is 5. The fourth-order valence-electron chi connectivity index (χ4n) is 1.19. The van der Waals surface area contributed by atoms with Crippen LogP contribution in [0.4, 0.5) is 18.9 Å². The average molecular weight is 278 g/mol. The van der Waals surface area contributed by atoms with Crippen molar-refractivity contribution < 1.29 is 32.7 Å². The number of carboxylic acids is 1. The van der Waals surface area contributed by atoms with Crippen molar-refractivity contribution in [3.63, 3.8) is 0 Å². The van der Waals surface area contributed by atoms with E-state index >= 15 is 0 Å². The van der Waals surface area contributed by atoms with Gasteiger partial charge in [-0.1, -0.05) is 0 Å². The fourth-order valence-corrected chi connectivity index (χ4v) is 1.19. The van der Waals surface area contributed by atoms with Crippen LogP contribution < -0.4 is 11.2 Å². The van der Waals surface area contributed by atoms with E-state index in [-0.39, 0.29) is 5.69 Å². The average Bonchev–Trinajstić information content (AvgIpc) is 2.27. The summed E-state index contributed by atoms with van der Waals surface area (Å²) in [6, 6.07) is 2.18. The molecule has 104 valence electrons. The number of carboxylic acid groups (broad SMARTS) is 1. The molecule has 1 aromatic carbocycles. The van der Waals surface area contributed by atoms with E-state index in [0.717, 1.165) is 6.07 Å². The maximum absolute atomic E-state index is 12.4. The Morgan fingerprint density at radius 3 is 2.47 bits per heavy atom. The zero-order valence-electron chi connectivity index (χ0n) is 9.32. The lowest BCUT2D eigenvalue weighted by Gasteiger charge is -2.12. The summed E-state index contributed by atoms with van der Waals surface area (Å²) in [6.45, 7) is -0.737. The number of halogens is 3. The van der Waals surface area contributed by atoms with Crippen LogP contribution in [0.1, 0.15) is 15.9 Å². The minimum atomic E-state index is -4.62. The van der Waals surface area contributed by atoms with Crippen LogP contribution in [-0.4, -0.2) is 23.6 Å². The lowest BCUT2D eigenvalue weighted by atomic mass is 10.1.